The lowest BCUT2D eigenvalue weighted by molar-refractivity contribution is 0.0519. The Bertz CT molecular complexity index is 1010. The molecule has 4 N–H and O–H groups in total. The van der Waals surface area contributed by atoms with E-state index in [1.807, 2.05) is 12.1 Å². The average molecular weight is 472 g/mol. The lowest BCUT2D eigenvalue weighted by atomic mass is 10.1. The number of allylic oxidation sites excluding steroid dienone is 3. The van der Waals surface area contributed by atoms with E-state index in [0.29, 0.717) is 34.5 Å². The number of rotatable bonds is 8. The van der Waals surface area contributed by atoms with Crippen molar-refractivity contribution in [3.63, 3.8) is 0 Å². The van der Waals surface area contributed by atoms with Gasteiger partial charge in [0, 0.05) is 28.4 Å². The van der Waals surface area contributed by atoms with Crippen molar-refractivity contribution in [3.05, 3.63) is 81.6 Å². The van der Waals surface area contributed by atoms with Gasteiger partial charge in [0.15, 0.2) is 0 Å². The van der Waals surface area contributed by atoms with Crippen molar-refractivity contribution in [2.45, 2.75) is 31.8 Å². The quantitative estimate of drug-likeness (QED) is 0.282. The smallest absolute Gasteiger partial charge is 0.128 e. The molecule has 0 radical (unpaired) electrons. The third-order valence-electron chi connectivity index (χ3n) is 5.08. The van der Waals surface area contributed by atoms with Gasteiger partial charge >= 0.3 is 0 Å². The molecule has 0 spiro atoms. The molecule has 0 heterocycles. The molecule has 3 rings (SSSR count). The predicted molar refractivity (Wildman–Crippen MR) is 130 cm³/mol. The molecule has 1 aliphatic carbocycles. The first-order valence-electron chi connectivity index (χ1n) is 10.4. The van der Waals surface area contributed by atoms with Crippen molar-refractivity contribution in [2.24, 2.45) is 11.6 Å². The first-order chi connectivity index (χ1) is 15.5. The minimum Gasteiger partial charge on any atom is -0.457 e. The molecule has 0 aliphatic heterocycles. The van der Waals surface area contributed by atoms with Crippen LogP contribution in [-0.2, 0) is 4.74 Å². The van der Waals surface area contributed by atoms with Gasteiger partial charge in [-0.15, -0.1) is 6.42 Å². The SMILES string of the molecule is C#CCOC(CN(N)/C1=C/C/C(N)=C/CCC1)c1ccc(Oc2ccc(Cl)cc2)cc1Cl. The molecule has 5 nitrogen and oxygen atoms in total. The molecule has 0 aromatic heterocycles. The molecule has 2 aromatic rings. The Morgan fingerprint density at radius 3 is 2.56 bits per heavy atom. The normalized spacial score (nSPS) is 18.2. The Morgan fingerprint density at radius 2 is 1.84 bits per heavy atom. The zero-order valence-corrected chi connectivity index (χ0v) is 19.3. The van der Waals surface area contributed by atoms with Gasteiger partial charge in [0.25, 0.3) is 0 Å². The zero-order chi connectivity index (χ0) is 22.9. The number of hydrogen-bond donors (Lipinski definition) is 2. The highest BCUT2D eigenvalue weighted by atomic mass is 35.5. The van der Waals surface area contributed by atoms with Gasteiger partial charge in [-0.05, 0) is 55.7 Å². The molecule has 168 valence electrons. The molecular formula is C25H27Cl2N3O2. The van der Waals surface area contributed by atoms with E-state index in [1.165, 1.54) is 0 Å². The maximum absolute atomic E-state index is 6.60. The summed E-state index contributed by atoms with van der Waals surface area (Å²) in [6.07, 6.45) is 12.6. The fourth-order valence-corrected chi connectivity index (χ4v) is 3.83. The van der Waals surface area contributed by atoms with E-state index in [0.717, 1.165) is 36.2 Å². The Hall–Kier alpha value is -2.62. The van der Waals surface area contributed by atoms with Crippen molar-refractivity contribution < 1.29 is 9.47 Å². The monoisotopic (exact) mass is 471 g/mol. The van der Waals surface area contributed by atoms with Gasteiger partial charge in [-0.1, -0.05) is 47.3 Å². The van der Waals surface area contributed by atoms with Crippen LogP contribution >= 0.6 is 23.2 Å². The summed E-state index contributed by atoms with van der Waals surface area (Å²) >= 11 is 12.5. The second kappa shape index (κ2) is 11.8. The number of hydrazine groups is 1. The van der Waals surface area contributed by atoms with Crippen LogP contribution in [0.2, 0.25) is 10.0 Å². The molecule has 0 bridgehead atoms. The summed E-state index contributed by atoms with van der Waals surface area (Å²) in [5, 5.41) is 2.85. The van der Waals surface area contributed by atoms with Crippen molar-refractivity contribution in [1.82, 2.24) is 5.01 Å². The summed E-state index contributed by atoms with van der Waals surface area (Å²) in [6.45, 7) is 0.542. The lowest BCUT2D eigenvalue weighted by Gasteiger charge is -2.28. The number of hydrogen-bond acceptors (Lipinski definition) is 5. The Labute approximate surface area is 199 Å². The van der Waals surface area contributed by atoms with Gasteiger partial charge in [0.1, 0.15) is 24.2 Å². The Kier molecular flexibility index (Phi) is 8.90. The zero-order valence-electron chi connectivity index (χ0n) is 17.8. The van der Waals surface area contributed by atoms with E-state index >= 15 is 0 Å². The van der Waals surface area contributed by atoms with Gasteiger partial charge in [-0.3, -0.25) is 0 Å². The summed E-state index contributed by atoms with van der Waals surface area (Å²) in [7, 11) is 0. The number of ether oxygens (including phenoxy) is 2. The van der Waals surface area contributed by atoms with E-state index < -0.39 is 6.10 Å². The summed E-state index contributed by atoms with van der Waals surface area (Å²) < 4.78 is 11.8. The molecule has 32 heavy (non-hydrogen) atoms. The maximum atomic E-state index is 6.60. The number of nitrogens with two attached hydrogens (primary N) is 2. The standard InChI is InChI=1S/C25H27Cl2N3O2/c1-2-15-31-25(17-30(29)20-6-4-3-5-19(28)9-10-20)23-14-13-22(16-24(23)27)32-21-11-7-18(26)8-12-21/h1,5,7-8,10-14,16,25H,3-4,6,9,15,17,28-29H2/b19-5-,20-10+. The minimum absolute atomic E-state index is 0.145. The van der Waals surface area contributed by atoms with Crippen LogP contribution in [0.5, 0.6) is 11.5 Å². The number of terminal acetylenes is 1. The molecule has 0 amide bonds. The number of benzene rings is 2. The molecule has 0 saturated heterocycles. The molecule has 0 saturated carbocycles. The third-order valence-corrected chi connectivity index (χ3v) is 5.66. The van der Waals surface area contributed by atoms with Gasteiger partial charge in [-0.2, -0.15) is 0 Å². The van der Waals surface area contributed by atoms with Gasteiger partial charge in [0.05, 0.1) is 11.6 Å². The second-order valence-corrected chi connectivity index (χ2v) is 8.31. The summed E-state index contributed by atoms with van der Waals surface area (Å²) in [6, 6.07) is 12.6. The van der Waals surface area contributed by atoms with Crippen molar-refractivity contribution in [3.8, 4) is 23.8 Å². The summed E-state index contributed by atoms with van der Waals surface area (Å²) in [5.41, 5.74) is 8.66. The fraction of sp³-hybridized carbons (Fsp3) is 0.280. The molecule has 1 aliphatic rings. The Morgan fingerprint density at radius 1 is 1.09 bits per heavy atom. The Balaban J connectivity index is 1.75. The van der Waals surface area contributed by atoms with Crippen LogP contribution < -0.4 is 16.3 Å². The van der Waals surface area contributed by atoms with Crippen LogP contribution in [0.3, 0.4) is 0 Å². The molecule has 7 heteroatoms. The summed E-state index contributed by atoms with van der Waals surface area (Å²) in [4.78, 5) is 0. The highest BCUT2D eigenvalue weighted by Gasteiger charge is 2.20. The van der Waals surface area contributed by atoms with E-state index in [1.54, 1.807) is 35.3 Å². The maximum Gasteiger partial charge on any atom is 0.128 e. The largest absolute Gasteiger partial charge is 0.457 e. The van der Waals surface area contributed by atoms with E-state index in [2.05, 4.69) is 18.1 Å². The molecule has 1 atom stereocenters. The summed E-state index contributed by atoms with van der Waals surface area (Å²) in [5.74, 6) is 10.2. The number of nitrogens with zero attached hydrogens (tertiary/aromatic N) is 1. The van der Waals surface area contributed by atoms with Crippen molar-refractivity contribution in [1.29, 1.82) is 0 Å². The van der Waals surface area contributed by atoms with Crippen LogP contribution in [-0.4, -0.2) is 18.2 Å². The van der Waals surface area contributed by atoms with E-state index in [-0.39, 0.29) is 6.61 Å². The third kappa shape index (κ3) is 6.94. The van der Waals surface area contributed by atoms with E-state index in [4.69, 9.17) is 50.7 Å². The molecule has 2 aromatic carbocycles. The highest BCUT2D eigenvalue weighted by Crippen LogP contribution is 2.33. The van der Waals surface area contributed by atoms with Crippen LogP contribution in [0, 0.1) is 12.3 Å². The van der Waals surface area contributed by atoms with E-state index in [9.17, 15) is 0 Å². The predicted octanol–water partition coefficient (Wildman–Crippen LogP) is 5.95. The van der Waals surface area contributed by atoms with Crippen LogP contribution in [0.15, 0.2) is 66.0 Å². The van der Waals surface area contributed by atoms with Gasteiger partial charge in [0.2, 0.25) is 0 Å². The van der Waals surface area contributed by atoms with Crippen LogP contribution in [0.25, 0.3) is 0 Å². The molecule has 1 unspecified atom stereocenters. The van der Waals surface area contributed by atoms with Crippen LogP contribution in [0.4, 0.5) is 0 Å². The van der Waals surface area contributed by atoms with Gasteiger partial charge in [-0.25, -0.2) is 5.84 Å². The lowest BCUT2D eigenvalue weighted by Crippen LogP contribution is -2.35. The van der Waals surface area contributed by atoms with Crippen molar-refractivity contribution in [2.75, 3.05) is 13.2 Å². The average Bonchev–Trinajstić information content (AvgIpc) is 2.76. The number of halogens is 2. The first-order valence-corrected chi connectivity index (χ1v) is 11.2. The van der Waals surface area contributed by atoms with Crippen LogP contribution in [0.1, 0.15) is 37.4 Å². The minimum atomic E-state index is -0.410. The topological polar surface area (TPSA) is 73.7 Å². The second-order valence-electron chi connectivity index (χ2n) is 7.47. The van der Waals surface area contributed by atoms with Gasteiger partial charge < -0.3 is 20.2 Å². The first kappa shape index (κ1) is 24.0. The molecular weight excluding hydrogens is 445 g/mol. The fourth-order valence-electron chi connectivity index (χ4n) is 3.41. The van der Waals surface area contributed by atoms with Crippen molar-refractivity contribution >= 4 is 23.2 Å². The highest BCUT2D eigenvalue weighted by molar-refractivity contribution is 6.31. The molecule has 0 fully saturated rings.